The maximum Gasteiger partial charge on any atom is 0.274 e. The molecule has 1 fully saturated rings. The van der Waals surface area contributed by atoms with Crippen molar-refractivity contribution in [2.45, 2.75) is 32.4 Å². The van der Waals surface area contributed by atoms with Gasteiger partial charge < -0.3 is 15.4 Å². The van der Waals surface area contributed by atoms with E-state index in [1.807, 2.05) is 61.5 Å². The van der Waals surface area contributed by atoms with E-state index in [-0.39, 0.29) is 5.91 Å². The predicted molar refractivity (Wildman–Crippen MR) is 109 cm³/mol. The van der Waals surface area contributed by atoms with Crippen molar-refractivity contribution < 1.29 is 9.53 Å². The van der Waals surface area contributed by atoms with E-state index in [0.29, 0.717) is 30.0 Å². The van der Waals surface area contributed by atoms with E-state index in [4.69, 9.17) is 4.74 Å². The molecule has 28 heavy (non-hydrogen) atoms. The molecule has 0 bridgehead atoms. The Labute approximate surface area is 164 Å². The van der Waals surface area contributed by atoms with Crippen LogP contribution in [0.4, 0.5) is 11.6 Å². The Bertz CT molecular complexity index is 954. The number of aromatic nitrogens is 2. The fourth-order valence-electron chi connectivity index (χ4n) is 2.73. The molecule has 1 aromatic heterocycles. The summed E-state index contributed by atoms with van der Waals surface area (Å²) < 4.78 is 5.77. The van der Waals surface area contributed by atoms with Gasteiger partial charge in [0.05, 0.1) is 0 Å². The minimum absolute atomic E-state index is 0.262. The molecule has 1 aliphatic rings. The number of carbonyl (C=O) groups excluding carboxylic acids is 1. The van der Waals surface area contributed by atoms with Crippen molar-refractivity contribution in [1.82, 2.24) is 9.97 Å². The van der Waals surface area contributed by atoms with Crippen LogP contribution in [0.5, 0.6) is 5.75 Å². The summed E-state index contributed by atoms with van der Waals surface area (Å²) in [5.41, 5.74) is 2.90. The minimum atomic E-state index is -0.262. The molecule has 1 aliphatic carbocycles. The smallest absolute Gasteiger partial charge is 0.274 e. The van der Waals surface area contributed by atoms with Gasteiger partial charge in [-0.3, -0.25) is 4.79 Å². The Kier molecular flexibility index (Phi) is 5.19. The highest BCUT2D eigenvalue weighted by Gasteiger charge is 2.22. The molecular formula is C22H22N4O2. The van der Waals surface area contributed by atoms with E-state index in [9.17, 15) is 4.79 Å². The summed E-state index contributed by atoms with van der Waals surface area (Å²) in [5, 5.41) is 6.10. The number of hydrogen-bond acceptors (Lipinski definition) is 5. The van der Waals surface area contributed by atoms with Crippen LogP contribution >= 0.6 is 0 Å². The van der Waals surface area contributed by atoms with E-state index >= 15 is 0 Å². The molecule has 1 heterocycles. The fraction of sp³-hybridized carbons (Fsp3) is 0.227. The van der Waals surface area contributed by atoms with E-state index in [1.54, 1.807) is 6.07 Å². The van der Waals surface area contributed by atoms with Gasteiger partial charge in [0.2, 0.25) is 5.95 Å². The van der Waals surface area contributed by atoms with E-state index in [0.717, 1.165) is 29.8 Å². The van der Waals surface area contributed by atoms with Gasteiger partial charge in [-0.2, -0.15) is 0 Å². The van der Waals surface area contributed by atoms with Crippen molar-refractivity contribution in [3.63, 3.8) is 0 Å². The molecule has 1 amide bonds. The highest BCUT2D eigenvalue weighted by molar-refractivity contribution is 6.03. The zero-order valence-electron chi connectivity index (χ0n) is 15.7. The number of amides is 1. The summed E-state index contributed by atoms with van der Waals surface area (Å²) in [5.74, 6) is 0.996. The Balaban J connectivity index is 1.37. The summed E-state index contributed by atoms with van der Waals surface area (Å²) in [6.07, 6.45) is 2.25. The average Bonchev–Trinajstić information content (AvgIpc) is 3.52. The molecule has 142 valence electrons. The van der Waals surface area contributed by atoms with Crippen molar-refractivity contribution in [3.05, 3.63) is 77.6 Å². The van der Waals surface area contributed by atoms with Crippen molar-refractivity contribution in [1.29, 1.82) is 0 Å². The second-order valence-corrected chi connectivity index (χ2v) is 6.89. The molecule has 6 heteroatoms. The lowest BCUT2D eigenvalue weighted by Crippen LogP contribution is -2.16. The van der Waals surface area contributed by atoms with Crippen molar-refractivity contribution >= 4 is 17.5 Å². The quantitative estimate of drug-likeness (QED) is 0.648. The number of nitrogens with zero attached hydrogens (tertiary/aromatic N) is 2. The van der Waals surface area contributed by atoms with Gasteiger partial charge in [0.15, 0.2) is 0 Å². The summed E-state index contributed by atoms with van der Waals surface area (Å²) in [4.78, 5) is 21.2. The topological polar surface area (TPSA) is 76.1 Å². The summed E-state index contributed by atoms with van der Waals surface area (Å²) >= 11 is 0. The minimum Gasteiger partial charge on any atom is -0.489 e. The second-order valence-electron chi connectivity index (χ2n) is 6.89. The molecule has 0 saturated heterocycles. The standard InChI is InChI=1S/C22H22N4O2/c1-15-13-20(26-22(23-15)25-18-7-8-18)21(27)24-17-9-11-19(12-10-17)28-14-16-5-3-2-4-6-16/h2-6,9-13,18H,7-8,14H2,1H3,(H,24,27)(H,23,25,26). The van der Waals surface area contributed by atoms with E-state index in [2.05, 4.69) is 20.6 Å². The van der Waals surface area contributed by atoms with Crippen LogP contribution in [0.2, 0.25) is 0 Å². The van der Waals surface area contributed by atoms with Crippen LogP contribution in [0, 0.1) is 6.92 Å². The predicted octanol–water partition coefficient (Wildman–Crippen LogP) is 4.19. The normalized spacial score (nSPS) is 13.0. The molecule has 0 atom stereocenters. The third-order valence-corrected chi connectivity index (χ3v) is 4.36. The third-order valence-electron chi connectivity index (χ3n) is 4.36. The first-order chi connectivity index (χ1) is 13.7. The molecule has 6 nitrogen and oxygen atoms in total. The number of hydrogen-bond donors (Lipinski definition) is 2. The number of aryl methyl sites for hydroxylation is 1. The van der Waals surface area contributed by atoms with Gasteiger partial charge in [-0.25, -0.2) is 9.97 Å². The van der Waals surface area contributed by atoms with E-state index in [1.165, 1.54) is 0 Å². The van der Waals surface area contributed by atoms with Crippen LogP contribution in [0.15, 0.2) is 60.7 Å². The van der Waals surface area contributed by atoms with Crippen molar-refractivity contribution in [2.75, 3.05) is 10.6 Å². The van der Waals surface area contributed by atoms with Gasteiger partial charge in [0, 0.05) is 17.4 Å². The van der Waals surface area contributed by atoms with Gasteiger partial charge in [-0.15, -0.1) is 0 Å². The maximum absolute atomic E-state index is 12.6. The highest BCUT2D eigenvalue weighted by Crippen LogP contribution is 2.23. The van der Waals surface area contributed by atoms with Crippen LogP contribution in [0.3, 0.4) is 0 Å². The molecule has 0 radical (unpaired) electrons. The third kappa shape index (κ3) is 4.85. The maximum atomic E-state index is 12.6. The van der Waals surface area contributed by atoms with Gasteiger partial charge in [-0.1, -0.05) is 30.3 Å². The lowest BCUT2D eigenvalue weighted by Gasteiger charge is -2.10. The van der Waals surface area contributed by atoms with Crippen molar-refractivity contribution in [3.8, 4) is 5.75 Å². The monoisotopic (exact) mass is 374 g/mol. The summed E-state index contributed by atoms with van der Waals surface area (Å²) in [6.45, 7) is 2.36. The number of carbonyl (C=O) groups is 1. The highest BCUT2D eigenvalue weighted by atomic mass is 16.5. The first kappa shape index (κ1) is 18.0. The van der Waals surface area contributed by atoms with Crippen LogP contribution < -0.4 is 15.4 Å². The number of ether oxygens (including phenoxy) is 1. The Morgan fingerprint density at radius 3 is 2.54 bits per heavy atom. The van der Waals surface area contributed by atoms with E-state index < -0.39 is 0 Å². The molecule has 2 N–H and O–H groups in total. The lowest BCUT2D eigenvalue weighted by molar-refractivity contribution is 0.102. The molecule has 0 unspecified atom stereocenters. The number of nitrogens with one attached hydrogen (secondary N) is 2. The Hall–Kier alpha value is -3.41. The van der Waals surface area contributed by atoms with Crippen LogP contribution in [0.1, 0.15) is 34.6 Å². The van der Waals surface area contributed by atoms with Gasteiger partial charge in [-0.05, 0) is 55.7 Å². The SMILES string of the molecule is Cc1cc(C(=O)Nc2ccc(OCc3ccccc3)cc2)nc(NC2CC2)n1. The zero-order valence-corrected chi connectivity index (χ0v) is 15.7. The molecule has 3 aromatic rings. The summed E-state index contributed by atoms with van der Waals surface area (Å²) in [6, 6.07) is 19.4. The number of anilines is 2. The van der Waals surface area contributed by atoms with Gasteiger partial charge >= 0.3 is 0 Å². The molecule has 0 aliphatic heterocycles. The summed E-state index contributed by atoms with van der Waals surface area (Å²) in [7, 11) is 0. The molecule has 0 spiro atoms. The van der Waals surface area contributed by atoms with Gasteiger partial charge in [0.25, 0.3) is 5.91 Å². The number of rotatable bonds is 7. The molecule has 2 aromatic carbocycles. The lowest BCUT2D eigenvalue weighted by atomic mass is 10.2. The Morgan fingerprint density at radius 2 is 1.82 bits per heavy atom. The largest absolute Gasteiger partial charge is 0.489 e. The van der Waals surface area contributed by atoms with Crippen LogP contribution in [-0.2, 0) is 6.61 Å². The second kappa shape index (κ2) is 8.08. The fourth-order valence-corrected chi connectivity index (χ4v) is 2.73. The average molecular weight is 374 g/mol. The first-order valence-corrected chi connectivity index (χ1v) is 9.36. The molecular weight excluding hydrogens is 352 g/mol. The molecule has 1 saturated carbocycles. The Morgan fingerprint density at radius 1 is 1.07 bits per heavy atom. The van der Waals surface area contributed by atoms with Crippen LogP contribution in [-0.4, -0.2) is 21.9 Å². The van der Waals surface area contributed by atoms with Gasteiger partial charge in [0.1, 0.15) is 18.1 Å². The van der Waals surface area contributed by atoms with Crippen LogP contribution in [0.25, 0.3) is 0 Å². The van der Waals surface area contributed by atoms with Crippen molar-refractivity contribution in [2.24, 2.45) is 0 Å². The molecule has 4 rings (SSSR count). The zero-order chi connectivity index (χ0) is 19.3. The number of benzene rings is 2. The first-order valence-electron chi connectivity index (χ1n) is 9.36.